The van der Waals surface area contributed by atoms with Gasteiger partial charge in [-0.1, -0.05) is 0 Å². The quantitative estimate of drug-likeness (QED) is 0.486. The molecule has 0 rings (SSSR count). The molecule has 10 heteroatoms. The standard InChI is InChI=1S/3ClH.Cu.K.H3N.H2O.2O.V/h3*1H;;;1H3;1H2;;;/q;;;;+1;;;;;+1/p-1. The third-order valence-electron chi connectivity index (χ3n) is 0. The monoisotopic (exact) mass is 327 g/mol. The SMILES string of the molecule is Cl.Cl.Cl.N.[Cu].[K+].[O]=[V](=[O])[OH]. The Hall–Kier alpha value is 3.13. The molecule has 4 N–H and O–H groups in total. The van der Waals surface area contributed by atoms with Gasteiger partial charge in [0.2, 0.25) is 0 Å². The van der Waals surface area contributed by atoms with Crippen LogP contribution >= 0.6 is 37.2 Å². The molecule has 0 aromatic heterocycles. The van der Waals surface area contributed by atoms with Crippen molar-refractivity contribution < 1.29 is 95.2 Å². The summed E-state index contributed by atoms with van der Waals surface area (Å²) in [5.74, 6) is 0. The van der Waals surface area contributed by atoms with Crippen molar-refractivity contribution in [2.45, 2.75) is 0 Å². The predicted molar refractivity (Wildman–Crippen MR) is 30.4 cm³/mol. The Morgan fingerprint density at radius 2 is 1.00 bits per heavy atom. The van der Waals surface area contributed by atoms with E-state index in [0.717, 1.165) is 0 Å². The summed E-state index contributed by atoms with van der Waals surface area (Å²) in [6.45, 7) is 0. The molecule has 0 unspecified atom stereocenters. The van der Waals surface area contributed by atoms with E-state index in [-0.39, 0.29) is 112 Å². The van der Waals surface area contributed by atoms with Crippen LogP contribution in [0.5, 0.6) is 0 Å². The van der Waals surface area contributed by atoms with Crippen LogP contribution in [0.25, 0.3) is 0 Å². The number of halogens is 3. The van der Waals surface area contributed by atoms with Gasteiger partial charge in [0, 0.05) is 17.1 Å². The Morgan fingerprint density at radius 3 is 1.00 bits per heavy atom. The van der Waals surface area contributed by atoms with Crippen molar-refractivity contribution in [2.24, 2.45) is 0 Å². The van der Waals surface area contributed by atoms with Gasteiger partial charge in [-0.25, -0.2) is 0 Å². The Morgan fingerprint density at radius 1 is 1.00 bits per heavy atom. The molecule has 0 amide bonds. The summed E-state index contributed by atoms with van der Waals surface area (Å²) in [6.07, 6.45) is 0. The zero-order chi connectivity index (χ0) is 3.58. The van der Waals surface area contributed by atoms with E-state index in [1.807, 2.05) is 0 Å². The van der Waals surface area contributed by atoms with Gasteiger partial charge in [-0.3, -0.25) is 0 Å². The minimum absolute atomic E-state index is 0. The summed E-state index contributed by atoms with van der Waals surface area (Å²) in [4.78, 5) is 0. The maximum absolute atomic E-state index is 8.67. The molecule has 0 aliphatic heterocycles. The van der Waals surface area contributed by atoms with E-state index < -0.39 is 15.4 Å². The number of hydrogen-bond acceptors (Lipinski definition) is 3. The van der Waals surface area contributed by atoms with Crippen molar-refractivity contribution in [1.82, 2.24) is 6.15 Å². The fourth-order valence-corrected chi connectivity index (χ4v) is 0. The fraction of sp³-hybridized carbons (Fsp3) is 0. The van der Waals surface area contributed by atoms with Crippen LogP contribution in [0.4, 0.5) is 0 Å². The topological polar surface area (TPSA) is 89.4 Å². The van der Waals surface area contributed by atoms with Gasteiger partial charge in [-0.2, -0.15) is 0 Å². The summed E-state index contributed by atoms with van der Waals surface area (Å²) in [5.41, 5.74) is 0. The third kappa shape index (κ3) is 117. The molecule has 4 nitrogen and oxygen atoms in total. The predicted octanol–water partition coefficient (Wildman–Crippen LogP) is -2.37. The Balaban J connectivity index is -0.00000000300. The fourth-order valence-electron chi connectivity index (χ4n) is 0. The molecule has 0 aliphatic rings. The van der Waals surface area contributed by atoms with Gasteiger partial charge in [-0.15, -0.1) is 37.2 Å². The first-order valence-corrected chi connectivity index (χ1v) is 2.33. The van der Waals surface area contributed by atoms with Gasteiger partial charge in [-0.05, 0) is 0 Å². The summed E-state index contributed by atoms with van der Waals surface area (Å²) >= 11 is -3.69. The second-order valence-corrected chi connectivity index (χ2v) is 0.981. The van der Waals surface area contributed by atoms with E-state index in [0.29, 0.717) is 0 Å². The van der Waals surface area contributed by atoms with E-state index in [9.17, 15) is 0 Å². The van der Waals surface area contributed by atoms with Crippen LogP contribution in [0.15, 0.2) is 0 Å². The minimum atomic E-state index is -3.69. The van der Waals surface area contributed by atoms with Gasteiger partial charge in [0.25, 0.3) is 0 Å². The van der Waals surface area contributed by atoms with Crippen molar-refractivity contribution in [2.75, 3.05) is 0 Å². The van der Waals surface area contributed by atoms with E-state index in [1.165, 1.54) is 0 Å². The normalized spacial score (nSPS) is 2.50. The summed E-state index contributed by atoms with van der Waals surface area (Å²) in [5, 5.41) is 0. The van der Waals surface area contributed by atoms with Crippen LogP contribution < -0.4 is 57.5 Å². The van der Waals surface area contributed by atoms with Crippen LogP contribution in [0.1, 0.15) is 0 Å². The molecular weight excluding hydrogens is 322 g/mol. The van der Waals surface area contributed by atoms with Crippen LogP contribution in [0.2, 0.25) is 0 Å². The second-order valence-electron chi connectivity index (χ2n) is 0.238. The Bertz CT molecular complexity index is 72.1. The van der Waals surface area contributed by atoms with Gasteiger partial charge >= 0.3 is 78.2 Å². The molecule has 10 heavy (non-hydrogen) atoms. The first kappa shape index (κ1) is 51.4. The molecule has 0 heterocycles. The molecule has 1 radical (unpaired) electrons. The van der Waals surface area contributed by atoms with Crippen LogP contribution in [0, 0.1) is 0 Å². The van der Waals surface area contributed by atoms with Crippen molar-refractivity contribution in [3.8, 4) is 0 Å². The molecule has 0 aliphatic carbocycles. The average Bonchev–Trinajstić information content (AvgIpc) is 0.811. The van der Waals surface area contributed by atoms with E-state index in [1.54, 1.807) is 0 Å². The molecular formula is H7Cl3CuKNO3V+. The molecule has 67 valence electrons. The molecule has 0 aromatic rings. The van der Waals surface area contributed by atoms with Gasteiger partial charge in [0.1, 0.15) is 0 Å². The maximum atomic E-state index is 8.67. The van der Waals surface area contributed by atoms with E-state index in [2.05, 4.69) is 0 Å². The molecule has 0 saturated heterocycles. The Kier molecular flexibility index (Phi) is 206. The molecule has 0 bridgehead atoms. The van der Waals surface area contributed by atoms with Crippen molar-refractivity contribution in [3.05, 3.63) is 0 Å². The average molecular weight is 329 g/mol. The third-order valence-corrected chi connectivity index (χ3v) is 0. The molecule has 0 spiro atoms. The molecule has 0 atom stereocenters. The molecule has 0 aromatic carbocycles. The Labute approximate surface area is 136 Å². The number of hydrogen-bond donors (Lipinski definition) is 2. The molecule has 0 saturated carbocycles. The zero-order valence-electron chi connectivity index (χ0n) is 4.94. The summed E-state index contributed by atoms with van der Waals surface area (Å²) in [7, 11) is 0. The van der Waals surface area contributed by atoms with E-state index in [4.69, 9.17) is 11.4 Å². The van der Waals surface area contributed by atoms with Gasteiger partial charge < -0.3 is 6.15 Å². The van der Waals surface area contributed by atoms with Crippen LogP contribution in [-0.2, 0) is 39.8 Å². The van der Waals surface area contributed by atoms with E-state index >= 15 is 0 Å². The zero-order valence-corrected chi connectivity index (χ0v) is 12.9. The van der Waals surface area contributed by atoms with Crippen molar-refractivity contribution >= 4 is 37.2 Å². The summed E-state index contributed by atoms with van der Waals surface area (Å²) < 4.78 is 24.4. The molecule has 0 fully saturated rings. The van der Waals surface area contributed by atoms with Gasteiger partial charge in [0.05, 0.1) is 0 Å². The summed E-state index contributed by atoms with van der Waals surface area (Å²) in [6, 6.07) is 0. The van der Waals surface area contributed by atoms with Crippen molar-refractivity contribution in [3.63, 3.8) is 0 Å². The van der Waals surface area contributed by atoms with Crippen LogP contribution in [-0.4, -0.2) is 4.03 Å². The first-order valence-electron chi connectivity index (χ1n) is 0.565. The van der Waals surface area contributed by atoms with Crippen molar-refractivity contribution in [1.29, 1.82) is 0 Å². The first-order chi connectivity index (χ1) is 1.73. The number of rotatable bonds is 0. The second kappa shape index (κ2) is 40.0. The van der Waals surface area contributed by atoms with Gasteiger partial charge in [0.15, 0.2) is 0 Å². The van der Waals surface area contributed by atoms with Crippen LogP contribution in [0.3, 0.4) is 0 Å².